The van der Waals surface area contributed by atoms with E-state index in [1.807, 2.05) is 0 Å². The number of hydrogen-bond acceptors (Lipinski definition) is 5. The first-order valence-corrected chi connectivity index (χ1v) is 7.81. The summed E-state index contributed by atoms with van der Waals surface area (Å²) in [6.07, 6.45) is 0. The highest BCUT2D eigenvalue weighted by Crippen LogP contribution is 2.27. The van der Waals surface area contributed by atoms with Crippen LogP contribution >= 0.6 is 0 Å². The molecule has 2 rings (SSSR count). The zero-order valence-electron chi connectivity index (χ0n) is 11.5. The minimum atomic E-state index is -3.85. The van der Waals surface area contributed by atoms with Crippen LogP contribution in [0.15, 0.2) is 23.1 Å². The summed E-state index contributed by atoms with van der Waals surface area (Å²) in [6.45, 7) is 1.90. The minimum Gasteiger partial charge on any atom is -0.495 e. The fourth-order valence-electron chi connectivity index (χ4n) is 1.92. The number of hydrogen-bond donors (Lipinski definition) is 2. The van der Waals surface area contributed by atoms with Gasteiger partial charge in [-0.05, 0) is 18.2 Å². The Hall–Kier alpha value is -1.84. The lowest BCUT2D eigenvalue weighted by Crippen LogP contribution is -2.43. The number of benzene rings is 1. The molecule has 1 aliphatic heterocycles. The highest BCUT2D eigenvalue weighted by atomic mass is 32.2. The molecule has 1 aliphatic rings. The molecule has 0 unspecified atom stereocenters. The first-order chi connectivity index (χ1) is 9.91. The predicted octanol–water partition coefficient (Wildman–Crippen LogP) is 0.207. The van der Waals surface area contributed by atoms with Crippen molar-refractivity contribution in [2.45, 2.75) is 4.90 Å². The molecule has 116 valence electrons. The van der Waals surface area contributed by atoms with Gasteiger partial charge in [0.05, 0.1) is 30.9 Å². The maximum Gasteiger partial charge on any atom is 0.322 e. The van der Waals surface area contributed by atoms with Crippen LogP contribution in [0, 0.1) is 0 Å². The van der Waals surface area contributed by atoms with E-state index in [4.69, 9.17) is 14.6 Å². The van der Waals surface area contributed by atoms with Gasteiger partial charge in [-0.3, -0.25) is 0 Å². The summed E-state index contributed by atoms with van der Waals surface area (Å²) in [6, 6.07) is 3.68. The first kappa shape index (κ1) is 15.5. The number of amides is 2. The van der Waals surface area contributed by atoms with Gasteiger partial charge in [0.1, 0.15) is 5.75 Å². The number of morpholine rings is 1. The van der Waals surface area contributed by atoms with Crippen molar-refractivity contribution in [3.63, 3.8) is 0 Å². The third-order valence-corrected chi connectivity index (χ3v) is 3.95. The Morgan fingerprint density at radius 3 is 2.62 bits per heavy atom. The van der Waals surface area contributed by atoms with Crippen LogP contribution < -0.4 is 15.2 Å². The molecule has 1 aromatic carbocycles. The van der Waals surface area contributed by atoms with Gasteiger partial charge >= 0.3 is 6.03 Å². The largest absolute Gasteiger partial charge is 0.495 e. The van der Waals surface area contributed by atoms with Crippen LogP contribution in [0.4, 0.5) is 10.5 Å². The van der Waals surface area contributed by atoms with Crippen LogP contribution in [-0.4, -0.2) is 52.8 Å². The van der Waals surface area contributed by atoms with E-state index in [1.165, 1.54) is 25.3 Å². The molecule has 3 N–H and O–H groups in total. The number of primary sulfonamides is 1. The third kappa shape index (κ3) is 3.84. The lowest BCUT2D eigenvalue weighted by Gasteiger charge is -2.27. The number of urea groups is 1. The van der Waals surface area contributed by atoms with Gasteiger partial charge in [0.2, 0.25) is 10.0 Å². The highest BCUT2D eigenvalue weighted by molar-refractivity contribution is 7.89. The van der Waals surface area contributed by atoms with Gasteiger partial charge in [-0.15, -0.1) is 0 Å². The Kier molecular flexibility index (Phi) is 4.66. The standard InChI is InChI=1S/C12H17N3O5S/c1-19-11-3-2-9(21(13,17)18)8-10(11)14-12(16)15-4-6-20-7-5-15/h2-3,8H,4-7H2,1H3,(H,14,16)(H2,13,17,18). The fraction of sp³-hybridized carbons (Fsp3) is 0.417. The van der Waals surface area contributed by atoms with Crippen molar-refractivity contribution in [3.8, 4) is 5.75 Å². The summed E-state index contributed by atoms with van der Waals surface area (Å²) in [4.78, 5) is 13.6. The zero-order valence-corrected chi connectivity index (χ0v) is 12.4. The normalized spacial score (nSPS) is 15.6. The van der Waals surface area contributed by atoms with Gasteiger partial charge < -0.3 is 19.7 Å². The molecule has 0 aromatic heterocycles. The van der Waals surface area contributed by atoms with E-state index < -0.39 is 10.0 Å². The Balaban J connectivity index is 2.22. The summed E-state index contributed by atoms with van der Waals surface area (Å²) in [5, 5.41) is 7.71. The molecule has 1 heterocycles. The average Bonchev–Trinajstić information content (AvgIpc) is 2.47. The second kappa shape index (κ2) is 6.29. The number of anilines is 1. The van der Waals surface area contributed by atoms with E-state index >= 15 is 0 Å². The molecule has 0 atom stereocenters. The molecule has 9 heteroatoms. The topological polar surface area (TPSA) is 111 Å². The molecule has 1 fully saturated rings. The fourth-order valence-corrected chi connectivity index (χ4v) is 2.46. The maximum absolute atomic E-state index is 12.1. The van der Waals surface area contributed by atoms with Gasteiger partial charge in [-0.2, -0.15) is 0 Å². The number of nitrogens with one attached hydrogen (secondary N) is 1. The van der Waals surface area contributed by atoms with Crippen LogP contribution in [0.1, 0.15) is 0 Å². The molecule has 0 radical (unpaired) electrons. The highest BCUT2D eigenvalue weighted by Gasteiger charge is 2.19. The average molecular weight is 315 g/mol. The molecular formula is C12H17N3O5S. The number of carbonyl (C=O) groups excluding carboxylic acids is 1. The van der Waals surface area contributed by atoms with Crippen molar-refractivity contribution in [3.05, 3.63) is 18.2 Å². The molecule has 21 heavy (non-hydrogen) atoms. The molecule has 1 aromatic rings. The molecule has 0 saturated carbocycles. The van der Waals surface area contributed by atoms with Crippen molar-refractivity contribution < 1.29 is 22.7 Å². The SMILES string of the molecule is COc1ccc(S(N)(=O)=O)cc1NC(=O)N1CCOCC1. The summed E-state index contributed by atoms with van der Waals surface area (Å²) < 4.78 is 33.0. The number of methoxy groups -OCH3 is 1. The zero-order chi connectivity index (χ0) is 15.5. The summed E-state index contributed by atoms with van der Waals surface area (Å²) in [5.41, 5.74) is 0.250. The summed E-state index contributed by atoms with van der Waals surface area (Å²) >= 11 is 0. The van der Waals surface area contributed by atoms with Crippen LogP contribution in [0.3, 0.4) is 0 Å². The van der Waals surface area contributed by atoms with E-state index in [9.17, 15) is 13.2 Å². The van der Waals surface area contributed by atoms with Gasteiger partial charge in [0.25, 0.3) is 0 Å². The Morgan fingerprint density at radius 2 is 2.05 bits per heavy atom. The number of nitrogens with zero attached hydrogens (tertiary/aromatic N) is 1. The smallest absolute Gasteiger partial charge is 0.322 e. The number of carbonyl (C=O) groups is 1. The molecule has 0 bridgehead atoms. The third-order valence-electron chi connectivity index (χ3n) is 3.04. The van der Waals surface area contributed by atoms with Crippen LogP contribution in [0.5, 0.6) is 5.75 Å². The summed E-state index contributed by atoms with van der Waals surface area (Å²) in [7, 11) is -2.42. The van der Waals surface area contributed by atoms with Crippen LogP contribution in [0.2, 0.25) is 0 Å². The van der Waals surface area contributed by atoms with Crippen molar-refractivity contribution in [2.75, 3.05) is 38.7 Å². The Morgan fingerprint density at radius 1 is 1.38 bits per heavy atom. The van der Waals surface area contributed by atoms with Crippen LogP contribution in [0.25, 0.3) is 0 Å². The Bertz CT molecular complexity index is 626. The molecule has 8 nitrogen and oxygen atoms in total. The molecule has 0 aliphatic carbocycles. The maximum atomic E-state index is 12.1. The quantitative estimate of drug-likeness (QED) is 0.828. The lowest BCUT2D eigenvalue weighted by atomic mass is 10.3. The monoisotopic (exact) mass is 315 g/mol. The van der Waals surface area contributed by atoms with Gasteiger partial charge in [-0.25, -0.2) is 18.4 Å². The van der Waals surface area contributed by atoms with Crippen LogP contribution in [-0.2, 0) is 14.8 Å². The van der Waals surface area contributed by atoms with E-state index in [2.05, 4.69) is 5.32 Å². The number of sulfonamides is 1. The van der Waals surface area contributed by atoms with Crippen molar-refractivity contribution >= 4 is 21.7 Å². The van der Waals surface area contributed by atoms with E-state index in [1.54, 1.807) is 4.90 Å². The predicted molar refractivity (Wildman–Crippen MR) is 75.8 cm³/mol. The summed E-state index contributed by atoms with van der Waals surface area (Å²) in [5.74, 6) is 0.351. The molecule has 1 saturated heterocycles. The number of nitrogens with two attached hydrogens (primary N) is 1. The second-order valence-corrected chi connectivity index (χ2v) is 6.00. The van der Waals surface area contributed by atoms with Crippen molar-refractivity contribution in [1.29, 1.82) is 0 Å². The molecular weight excluding hydrogens is 298 g/mol. The second-order valence-electron chi connectivity index (χ2n) is 4.44. The van der Waals surface area contributed by atoms with E-state index in [0.717, 1.165) is 0 Å². The first-order valence-electron chi connectivity index (χ1n) is 6.26. The van der Waals surface area contributed by atoms with Crippen molar-refractivity contribution in [1.82, 2.24) is 4.90 Å². The Labute approximate surface area is 122 Å². The number of rotatable bonds is 3. The lowest BCUT2D eigenvalue weighted by molar-refractivity contribution is 0.0564. The molecule has 0 spiro atoms. The van der Waals surface area contributed by atoms with Gasteiger partial charge in [0, 0.05) is 13.1 Å². The molecule has 2 amide bonds. The minimum absolute atomic E-state index is 0.0967. The van der Waals surface area contributed by atoms with Gasteiger partial charge in [0.15, 0.2) is 0 Å². The van der Waals surface area contributed by atoms with E-state index in [0.29, 0.717) is 32.1 Å². The number of ether oxygens (including phenoxy) is 2. The van der Waals surface area contributed by atoms with Gasteiger partial charge in [-0.1, -0.05) is 0 Å². The van der Waals surface area contributed by atoms with E-state index in [-0.39, 0.29) is 16.6 Å². The van der Waals surface area contributed by atoms with Crippen molar-refractivity contribution in [2.24, 2.45) is 5.14 Å².